The van der Waals surface area contributed by atoms with Gasteiger partial charge in [0, 0.05) is 18.0 Å². The number of hydrogen-bond donors (Lipinski definition) is 1. The normalized spacial score (nSPS) is 18.1. The molecule has 1 aromatic heterocycles. The van der Waals surface area contributed by atoms with Gasteiger partial charge >= 0.3 is 0 Å². The second-order valence-electron chi connectivity index (χ2n) is 4.87. The lowest BCUT2D eigenvalue weighted by molar-refractivity contribution is -0.635. The molecule has 0 radical (unpaired) electrons. The van der Waals surface area contributed by atoms with Crippen LogP contribution in [0.1, 0.15) is 17.2 Å². The first-order valence-electron chi connectivity index (χ1n) is 6.81. The molecule has 0 aliphatic carbocycles. The zero-order valence-corrected chi connectivity index (χ0v) is 11.2. The number of pyridine rings is 1. The molecule has 1 aliphatic heterocycles. The fraction of sp³-hybridized carbons (Fsp3) is 0.312. The Morgan fingerprint density at radius 1 is 1.32 bits per heavy atom. The Bertz CT molecular complexity index is 554. The zero-order valence-electron chi connectivity index (χ0n) is 11.2. The number of quaternary nitrogens is 1. The molecule has 0 saturated carbocycles. The highest BCUT2D eigenvalue weighted by molar-refractivity contribution is 5.68. The number of fused-ring (bicyclic) bond motifs is 1. The first-order valence-corrected chi connectivity index (χ1v) is 6.81. The van der Waals surface area contributed by atoms with Crippen LogP contribution in [0.2, 0.25) is 0 Å². The average molecular weight is 255 g/mol. The number of benzene rings is 1. The number of likely N-dealkylation sites (N-methyl/N-ethyl adjacent to an activating group) is 1. The molecule has 0 saturated heterocycles. The van der Waals surface area contributed by atoms with E-state index in [1.54, 1.807) is 0 Å². The summed E-state index contributed by atoms with van der Waals surface area (Å²) in [6.45, 7) is 1.78. The smallest absolute Gasteiger partial charge is 0.131 e. The first-order chi connectivity index (χ1) is 9.40. The molecule has 0 amide bonds. The van der Waals surface area contributed by atoms with Crippen molar-refractivity contribution < 1.29 is 10.1 Å². The van der Waals surface area contributed by atoms with E-state index in [1.807, 2.05) is 18.5 Å². The van der Waals surface area contributed by atoms with Crippen LogP contribution in [0.4, 0.5) is 0 Å². The maximum atomic E-state index is 5.89. The number of nitrogens with two attached hydrogens (primary N) is 1. The second kappa shape index (κ2) is 5.51. The topological polar surface area (TPSA) is 38.7 Å². The van der Waals surface area contributed by atoms with E-state index in [0.29, 0.717) is 0 Å². The van der Waals surface area contributed by atoms with E-state index in [2.05, 4.69) is 41.6 Å². The van der Waals surface area contributed by atoms with Crippen molar-refractivity contribution >= 4 is 0 Å². The van der Waals surface area contributed by atoms with Crippen molar-refractivity contribution in [3.05, 3.63) is 53.9 Å². The lowest BCUT2D eigenvalue weighted by Gasteiger charge is -2.26. The van der Waals surface area contributed by atoms with Crippen LogP contribution in [0, 0.1) is 0 Å². The summed E-state index contributed by atoms with van der Waals surface area (Å²) < 4.78 is 5.89. The number of nitrogens with zero attached hydrogens (tertiary/aromatic N) is 1. The average Bonchev–Trinajstić information content (AvgIpc) is 2.48. The SMILES string of the molecule is C[NH2+]C[C@H]1OCCc2c(-c3cccnc3)cccc21. The quantitative estimate of drug-likeness (QED) is 0.904. The van der Waals surface area contributed by atoms with Gasteiger partial charge in [-0.15, -0.1) is 0 Å². The standard InChI is InChI=1S/C16H18N2O/c1-17-11-16-15-6-2-5-13(14(15)7-9-19-16)12-4-3-8-18-10-12/h2-6,8,10,16-17H,7,9,11H2,1H3/p+1/t16-/m1/s1. The monoisotopic (exact) mass is 255 g/mol. The highest BCUT2D eigenvalue weighted by atomic mass is 16.5. The van der Waals surface area contributed by atoms with Gasteiger partial charge in [-0.05, 0) is 29.2 Å². The summed E-state index contributed by atoms with van der Waals surface area (Å²) in [5, 5.41) is 2.18. The lowest BCUT2D eigenvalue weighted by Crippen LogP contribution is -2.81. The number of hydrogen-bond acceptors (Lipinski definition) is 2. The van der Waals surface area contributed by atoms with Crippen molar-refractivity contribution in [2.45, 2.75) is 12.5 Å². The molecule has 0 bridgehead atoms. The summed E-state index contributed by atoms with van der Waals surface area (Å²) in [4.78, 5) is 4.23. The van der Waals surface area contributed by atoms with Gasteiger partial charge in [-0.25, -0.2) is 0 Å². The van der Waals surface area contributed by atoms with E-state index in [-0.39, 0.29) is 6.10 Å². The molecular weight excluding hydrogens is 236 g/mol. The van der Waals surface area contributed by atoms with Crippen molar-refractivity contribution in [3.8, 4) is 11.1 Å². The predicted octanol–water partition coefficient (Wildman–Crippen LogP) is 1.56. The summed E-state index contributed by atoms with van der Waals surface area (Å²) >= 11 is 0. The summed E-state index contributed by atoms with van der Waals surface area (Å²) in [7, 11) is 2.09. The Kier molecular flexibility index (Phi) is 3.58. The van der Waals surface area contributed by atoms with E-state index in [0.717, 1.165) is 19.6 Å². The lowest BCUT2D eigenvalue weighted by atomic mass is 9.90. The third kappa shape index (κ3) is 2.39. The molecule has 2 aromatic rings. The van der Waals surface area contributed by atoms with Gasteiger partial charge in [0.2, 0.25) is 0 Å². The van der Waals surface area contributed by atoms with Crippen LogP contribution < -0.4 is 5.32 Å². The molecule has 3 nitrogen and oxygen atoms in total. The van der Waals surface area contributed by atoms with Crippen LogP contribution in [0.25, 0.3) is 11.1 Å². The molecule has 3 rings (SSSR count). The molecule has 19 heavy (non-hydrogen) atoms. The molecule has 3 heteroatoms. The molecule has 0 spiro atoms. The molecule has 0 unspecified atom stereocenters. The number of ether oxygens (including phenoxy) is 1. The van der Waals surface area contributed by atoms with E-state index in [4.69, 9.17) is 4.74 Å². The van der Waals surface area contributed by atoms with Crippen molar-refractivity contribution in [2.24, 2.45) is 0 Å². The number of aromatic nitrogens is 1. The first kappa shape index (κ1) is 12.3. The molecule has 0 fully saturated rings. The molecule has 2 N–H and O–H groups in total. The van der Waals surface area contributed by atoms with Crippen molar-refractivity contribution in [3.63, 3.8) is 0 Å². The maximum absolute atomic E-state index is 5.89. The van der Waals surface area contributed by atoms with Crippen LogP contribution >= 0.6 is 0 Å². The van der Waals surface area contributed by atoms with Gasteiger partial charge in [0.15, 0.2) is 0 Å². The number of rotatable bonds is 3. The van der Waals surface area contributed by atoms with Crippen molar-refractivity contribution in [1.29, 1.82) is 0 Å². The summed E-state index contributed by atoms with van der Waals surface area (Å²) in [6.07, 6.45) is 4.95. The molecule has 98 valence electrons. The summed E-state index contributed by atoms with van der Waals surface area (Å²) in [6, 6.07) is 10.6. The predicted molar refractivity (Wildman–Crippen MR) is 74.8 cm³/mol. The van der Waals surface area contributed by atoms with Crippen molar-refractivity contribution in [2.75, 3.05) is 20.2 Å². The van der Waals surface area contributed by atoms with Gasteiger partial charge in [-0.1, -0.05) is 24.3 Å². The van der Waals surface area contributed by atoms with Crippen LogP contribution in [0.15, 0.2) is 42.7 Å². The summed E-state index contributed by atoms with van der Waals surface area (Å²) in [5.41, 5.74) is 5.26. The van der Waals surface area contributed by atoms with E-state index >= 15 is 0 Å². The van der Waals surface area contributed by atoms with Crippen molar-refractivity contribution in [1.82, 2.24) is 4.98 Å². The van der Waals surface area contributed by atoms with Gasteiger partial charge < -0.3 is 10.1 Å². The molecule has 2 heterocycles. The van der Waals surface area contributed by atoms with Gasteiger partial charge in [0.05, 0.1) is 13.7 Å². The highest BCUT2D eigenvalue weighted by Crippen LogP contribution is 2.33. The molecule has 1 aromatic carbocycles. The Morgan fingerprint density at radius 3 is 3.05 bits per heavy atom. The van der Waals surface area contributed by atoms with Gasteiger partial charge in [0.25, 0.3) is 0 Å². The Hall–Kier alpha value is -1.71. The highest BCUT2D eigenvalue weighted by Gasteiger charge is 2.23. The van der Waals surface area contributed by atoms with E-state index < -0.39 is 0 Å². The maximum Gasteiger partial charge on any atom is 0.131 e. The summed E-state index contributed by atoms with van der Waals surface area (Å²) in [5.74, 6) is 0. The third-order valence-electron chi connectivity index (χ3n) is 3.65. The minimum Gasteiger partial charge on any atom is -0.367 e. The molecule has 1 aliphatic rings. The Balaban J connectivity index is 2.06. The van der Waals surface area contributed by atoms with Crippen LogP contribution in [-0.4, -0.2) is 25.2 Å². The van der Waals surface area contributed by atoms with Gasteiger partial charge in [-0.2, -0.15) is 0 Å². The minimum absolute atomic E-state index is 0.213. The minimum atomic E-state index is 0.213. The van der Waals surface area contributed by atoms with Gasteiger partial charge in [0.1, 0.15) is 12.6 Å². The molecular formula is C16H19N2O+. The fourth-order valence-corrected chi connectivity index (χ4v) is 2.78. The van der Waals surface area contributed by atoms with Gasteiger partial charge in [-0.3, -0.25) is 4.98 Å². The van der Waals surface area contributed by atoms with E-state index in [9.17, 15) is 0 Å². The Labute approximate surface area is 113 Å². The largest absolute Gasteiger partial charge is 0.367 e. The molecule has 1 atom stereocenters. The third-order valence-corrected chi connectivity index (χ3v) is 3.65. The van der Waals surface area contributed by atoms with Crippen LogP contribution in [0.5, 0.6) is 0 Å². The van der Waals surface area contributed by atoms with Crippen LogP contribution in [-0.2, 0) is 11.2 Å². The van der Waals surface area contributed by atoms with E-state index in [1.165, 1.54) is 22.3 Å². The fourth-order valence-electron chi connectivity index (χ4n) is 2.78. The van der Waals surface area contributed by atoms with Crippen LogP contribution in [0.3, 0.4) is 0 Å². The zero-order chi connectivity index (χ0) is 13.1. The second-order valence-corrected chi connectivity index (χ2v) is 4.87. The Morgan fingerprint density at radius 2 is 2.26 bits per heavy atom.